The summed E-state index contributed by atoms with van der Waals surface area (Å²) in [6.07, 6.45) is 2.05. The van der Waals surface area contributed by atoms with Crippen molar-refractivity contribution in [3.63, 3.8) is 0 Å². The van der Waals surface area contributed by atoms with Gasteiger partial charge in [-0.05, 0) is 61.3 Å². The zero-order chi connectivity index (χ0) is 11.9. The molecule has 1 saturated carbocycles. The van der Waals surface area contributed by atoms with Crippen molar-refractivity contribution in [3.8, 4) is 0 Å². The molecule has 0 bridgehead atoms. The molecule has 88 valence electrons. The Balaban J connectivity index is 2.48. The van der Waals surface area contributed by atoms with Crippen LogP contribution in [0.1, 0.15) is 42.9 Å². The summed E-state index contributed by atoms with van der Waals surface area (Å²) < 4.78 is 14.1. The normalized spacial score (nSPS) is 29.7. The fourth-order valence-corrected chi connectivity index (χ4v) is 3.12. The minimum atomic E-state index is -0.273. The van der Waals surface area contributed by atoms with E-state index in [1.54, 1.807) is 6.07 Å². The highest BCUT2D eigenvalue weighted by atomic mass is 19.1. The average Bonchev–Trinajstić information content (AvgIpc) is 2.44. The molecule has 1 nitrogen and oxygen atoms in total. The van der Waals surface area contributed by atoms with Gasteiger partial charge in [0.15, 0.2) is 0 Å². The van der Waals surface area contributed by atoms with Crippen LogP contribution >= 0.6 is 0 Å². The molecule has 1 aromatic carbocycles. The smallest absolute Gasteiger partial charge is 0.127 e. The first-order valence-electron chi connectivity index (χ1n) is 5.88. The van der Waals surface area contributed by atoms with E-state index < -0.39 is 0 Å². The molecule has 0 aliphatic heterocycles. The van der Waals surface area contributed by atoms with E-state index in [4.69, 9.17) is 0 Å². The Bertz CT molecular complexity index is 390. The van der Waals surface area contributed by atoms with Gasteiger partial charge in [-0.1, -0.05) is 13.0 Å². The molecule has 2 atom stereocenters. The van der Waals surface area contributed by atoms with Crippen LogP contribution in [0.5, 0.6) is 0 Å². The van der Waals surface area contributed by atoms with Gasteiger partial charge in [0.2, 0.25) is 0 Å². The summed E-state index contributed by atoms with van der Waals surface area (Å²) in [5, 5.41) is 9.64. The number of aryl methyl sites for hydroxylation is 2. The summed E-state index contributed by atoms with van der Waals surface area (Å²) in [7, 11) is 0. The topological polar surface area (TPSA) is 20.2 Å². The predicted molar refractivity (Wildman–Crippen MR) is 63.1 cm³/mol. The summed E-state index contributed by atoms with van der Waals surface area (Å²) in [5.41, 5.74) is 2.58. The molecule has 0 aromatic heterocycles. The van der Waals surface area contributed by atoms with E-state index in [-0.39, 0.29) is 17.3 Å². The van der Waals surface area contributed by atoms with Crippen molar-refractivity contribution in [1.29, 1.82) is 0 Å². The van der Waals surface area contributed by atoms with Crippen LogP contribution in [0.2, 0.25) is 0 Å². The van der Waals surface area contributed by atoms with Gasteiger partial charge in [0.05, 0.1) is 6.10 Å². The monoisotopic (exact) mass is 222 g/mol. The number of rotatable bonds is 1. The quantitative estimate of drug-likeness (QED) is 0.773. The first-order valence-corrected chi connectivity index (χ1v) is 5.88. The lowest BCUT2D eigenvalue weighted by molar-refractivity contribution is 0.175. The van der Waals surface area contributed by atoms with E-state index in [0.29, 0.717) is 6.42 Å². The highest BCUT2D eigenvalue weighted by molar-refractivity contribution is 5.38. The maximum atomic E-state index is 14.1. The van der Waals surface area contributed by atoms with Crippen molar-refractivity contribution in [2.45, 2.75) is 51.6 Å². The van der Waals surface area contributed by atoms with Crippen LogP contribution in [-0.2, 0) is 5.41 Å². The van der Waals surface area contributed by atoms with Gasteiger partial charge in [0, 0.05) is 0 Å². The maximum absolute atomic E-state index is 14.1. The molecule has 16 heavy (non-hydrogen) atoms. The van der Waals surface area contributed by atoms with E-state index in [1.165, 1.54) is 0 Å². The molecule has 1 aliphatic rings. The molecule has 1 aliphatic carbocycles. The van der Waals surface area contributed by atoms with Crippen LogP contribution in [0.15, 0.2) is 12.1 Å². The summed E-state index contributed by atoms with van der Waals surface area (Å²) in [4.78, 5) is 0. The number of aliphatic hydroxyl groups excluding tert-OH is 1. The fraction of sp³-hybridized carbons (Fsp3) is 0.571. The van der Waals surface area contributed by atoms with Gasteiger partial charge in [0.1, 0.15) is 5.82 Å². The Labute approximate surface area is 96.3 Å². The SMILES string of the molecule is Cc1cc(C)c(C2(C)CCC(O)C2)c(F)c1. The Kier molecular flexibility index (Phi) is 2.79. The highest BCUT2D eigenvalue weighted by Gasteiger charge is 2.38. The molecular weight excluding hydrogens is 203 g/mol. The lowest BCUT2D eigenvalue weighted by Crippen LogP contribution is -2.22. The van der Waals surface area contributed by atoms with Crippen molar-refractivity contribution in [2.75, 3.05) is 0 Å². The first kappa shape index (κ1) is 11.6. The van der Waals surface area contributed by atoms with Crippen LogP contribution < -0.4 is 0 Å². The Morgan fingerprint density at radius 2 is 2.06 bits per heavy atom. The molecule has 1 N–H and O–H groups in total. The van der Waals surface area contributed by atoms with Crippen LogP contribution in [0.3, 0.4) is 0 Å². The second-order valence-corrected chi connectivity index (χ2v) is 5.40. The van der Waals surface area contributed by atoms with E-state index in [0.717, 1.165) is 29.5 Å². The third-order valence-corrected chi connectivity index (χ3v) is 3.75. The molecule has 0 radical (unpaired) electrons. The standard InChI is InChI=1S/C14H19FO/c1-9-6-10(2)13(12(15)7-9)14(3)5-4-11(16)8-14/h6-7,11,16H,4-5,8H2,1-3H3. The van der Waals surface area contributed by atoms with Crippen LogP contribution in [0.4, 0.5) is 4.39 Å². The summed E-state index contributed by atoms with van der Waals surface area (Å²) >= 11 is 0. The molecule has 0 amide bonds. The fourth-order valence-electron chi connectivity index (χ4n) is 3.12. The third kappa shape index (κ3) is 1.86. The second kappa shape index (κ2) is 3.85. The molecule has 2 rings (SSSR count). The highest BCUT2D eigenvalue weighted by Crippen LogP contribution is 2.43. The van der Waals surface area contributed by atoms with Crippen molar-refractivity contribution in [1.82, 2.24) is 0 Å². The number of halogens is 1. The molecule has 0 saturated heterocycles. The van der Waals surface area contributed by atoms with Crippen molar-refractivity contribution in [3.05, 3.63) is 34.6 Å². The lowest BCUT2D eigenvalue weighted by atomic mass is 9.78. The van der Waals surface area contributed by atoms with Gasteiger partial charge in [-0.3, -0.25) is 0 Å². The lowest BCUT2D eigenvalue weighted by Gasteiger charge is -2.27. The number of benzene rings is 1. The Morgan fingerprint density at radius 1 is 1.38 bits per heavy atom. The van der Waals surface area contributed by atoms with Gasteiger partial charge in [-0.2, -0.15) is 0 Å². The van der Waals surface area contributed by atoms with Gasteiger partial charge in [-0.15, -0.1) is 0 Å². The molecule has 0 spiro atoms. The maximum Gasteiger partial charge on any atom is 0.127 e. The molecule has 0 heterocycles. The summed E-state index contributed by atoms with van der Waals surface area (Å²) in [6.45, 7) is 5.93. The number of hydrogen-bond donors (Lipinski definition) is 1. The van der Waals surface area contributed by atoms with Gasteiger partial charge in [-0.25, -0.2) is 4.39 Å². The molecule has 2 unspecified atom stereocenters. The Hall–Kier alpha value is -0.890. The van der Waals surface area contributed by atoms with E-state index in [9.17, 15) is 9.50 Å². The van der Waals surface area contributed by atoms with Crippen LogP contribution in [-0.4, -0.2) is 11.2 Å². The van der Waals surface area contributed by atoms with E-state index in [1.807, 2.05) is 19.9 Å². The molecular formula is C14H19FO. The van der Waals surface area contributed by atoms with Gasteiger partial charge < -0.3 is 5.11 Å². The van der Waals surface area contributed by atoms with Crippen molar-refractivity contribution in [2.24, 2.45) is 0 Å². The van der Waals surface area contributed by atoms with Crippen molar-refractivity contribution >= 4 is 0 Å². The average molecular weight is 222 g/mol. The largest absolute Gasteiger partial charge is 0.393 e. The first-order chi connectivity index (χ1) is 7.42. The minimum absolute atomic E-state index is 0.117. The number of hydrogen-bond acceptors (Lipinski definition) is 1. The zero-order valence-electron chi connectivity index (χ0n) is 10.2. The van der Waals surface area contributed by atoms with Crippen LogP contribution in [0, 0.1) is 19.7 Å². The summed E-state index contributed by atoms with van der Waals surface area (Å²) in [6, 6.07) is 3.62. The third-order valence-electron chi connectivity index (χ3n) is 3.75. The van der Waals surface area contributed by atoms with E-state index in [2.05, 4.69) is 6.92 Å². The zero-order valence-corrected chi connectivity index (χ0v) is 10.2. The molecule has 1 aromatic rings. The predicted octanol–water partition coefficient (Wildman–Crippen LogP) is 3.25. The number of aliphatic hydroxyl groups is 1. The second-order valence-electron chi connectivity index (χ2n) is 5.40. The van der Waals surface area contributed by atoms with Crippen LogP contribution in [0.25, 0.3) is 0 Å². The molecule has 2 heteroatoms. The van der Waals surface area contributed by atoms with Gasteiger partial charge >= 0.3 is 0 Å². The van der Waals surface area contributed by atoms with E-state index >= 15 is 0 Å². The Morgan fingerprint density at radius 3 is 2.56 bits per heavy atom. The van der Waals surface area contributed by atoms with Gasteiger partial charge in [0.25, 0.3) is 0 Å². The molecule has 1 fully saturated rings. The van der Waals surface area contributed by atoms with Crippen molar-refractivity contribution < 1.29 is 9.50 Å². The minimum Gasteiger partial charge on any atom is -0.393 e. The summed E-state index contributed by atoms with van der Waals surface area (Å²) in [5.74, 6) is -0.117.